The van der Waals surface area contributed by atoms with Gasteiger partial charge in [0, 0.05) is 0 Å². The van der Waals surface area contributed by atoms with E-state index in [0.29, 0.717) is 17.9 Å². The van der Waals surface area contributed by atoms with Crippen LogP contribution in [0.2, 0.25) is 0 Å². The van der Waals surface area contributed by atoms with Crippen molar-refractivity contribution in [2.24, 2.45) is 0 Å². The van der Waals surface area contributed by atoms with Crippen molar-refractivity contribution in [3.63, 3.8) is 0 Å². The van der Waals surface area contributed by atoms with Crippen LogP contribution in [0.4, 0.5) is 0 Å². The third kappa shape index (κ3) is 0.988. The zero-order chi connectivity index (χ0) is 4.41. The van der Waals surface area contributed by atoms with Gasteiger partial charge in [-0.25, -0.2) is 0 Å². The van der Waals surface area contributed by atoms with E-state index in [1.807, 2.05) is 0 Å². The molecule has 0 aromatic carbocycles. The Morgan fingerprint density at radius 1 is 1.67 bits per heavy atom. The van der Waals surface area contributed by atoms with E-state index in [0.717, 1.165) is 0 Å². The summed E-state index contributed by atoms with van der Waals surface area (Å²) in [5, 5.41) is 0. The standard InChI is InChI=1S/C3H6NOS/c5-6-4-3-1-2-3/h3H,1-2H2,(H,4,5)/q+1. The van der Waals surface area contributed by atoms with Crippen LogP contribution >= 0.6 is 0 Å². The molecule has 0 amide bonds. The Morgan fingerprint density at radius 3 is 2.50 bits per heavy atom. The Kier molecular flexibility index (Phi) is 1.12. The van der Waals surface area contributed by atoms with Crippen molar-refractivity contribution in [1.82, 2.24) is 4.72 Å². The molecule has 1 aliphatic carbocycles. The van der Waals surface area contributed by atoms with E-state index in [1.54, 1.807) is 0 Å². The Hall–Kier alpha value is -0.0200. The summed E-state index contributed by atoms with van der Waals surface area (Å²) in [6.07, 6.45) is 2.38. The minimum atomic E-state index is 0.472. The van der Waals surface area contributed by atoms with Crippen molar-refractivity contribution in [3.8, 4) is 0 Å². The maximum absolute atomic E-state index is 9.59. The summed E-state index contributed by atoms with van der Waals surface area (Å²) in [5.41, 5.74) is 0. The van der Waals surface area contributed by atoms with Gasteiger partial charge in [-0.15, -0.1) is 0 Å². The van der Waals surface area contributed by atoms with Gasteiger partial charge in [0.2, 0.25) is 0 Å². The Bertz CT molecular complexity index is 61.8. The minimum Gasteiger partial charge on any atom is -0.0310 e. The van der Waals surface area contributed by atoms with Crippen LogP contribution in [0.3, 0.4) is 0 Å². The lowest BCUT2D eigenvalue weighted by Crippen LogP contribution is -2.07. The fraction of sp³-hybridized carbons (Fsp3) is 1.00. The van der Waals surface area contributed by atoms with Crippen LogP contribution in [0.25, 0.3) is 0 Å². The fourth-order valence-electron chi connectivity index (χ4n) is 0.269. The number of nitrogens with one attached hydrogen (secondary N) is 1. The van der Waals surface area contributed by atoms with Crippen molar-refractivity contribution in [2.45, 2.75) is 18.9 Å². The fourth-order valence-corrected chi connectivity index (χ4v) is 0.641. The molecule has 1 rings (SSSR count). The molecule has 0 aromatic heterocycles. The highest BCUT2D eigenvalue weighted by Gasteiger charge is 2.26. The summed E-state index contributed by atoms with van der Waals surface area (Å²) in [6, 6.07) is 0.549. The number of hydrogen-bond acceptors (Lipinski definition) is 1. The monoisotopic (exact) mass is 104 g/mol. The molecule has 0 bridgehead atoms. The summed E-state index contributed by atoms with van der Waals surface area (Å²) < 4.78 is 12.3. The molecule has 1 fully saturated rings. The molecule has 34 valence electrons. The average Bonchev–Trinajstić information content (AvgIpc) is 2.21. The largest absolute Gasteiger partial charge is 0.587 e. The first-order valence-electron chi connectivity index (χ1n) is 1.98. The van der Waals surface area contributed by atoms with Gasteiger partial charge in [0.1, 0.15) is 0 Å². The van der Waals surface area contributed by atoms with Crippen LogP contribution in [0, 0.1) is 0 Å². The number of hydrogen-bond donors (Lipinski definition) is 1. The van der Waals surface area contributed by atoms with Gasteiger partial charge in [0.05, 0.1) is 10.3 Å². The first kappa shape index (κ1) is 4.15. The van der Waals surface area contributed by atoms with Crippen molar-refractivity contribution >= 4 is 11.9 Å². The van der Waals surface area contributed by atoms with E-state index >= 15 is 0 Å². The van der Waals surface area contributed by atoms with Gasteiger partial charge in [-0.2, -0.15) is 0 Å². The smallest absolute Gasteiger partial charge is 0.0310 e. The van der Waals surface area contributed by atoms with E-state index < -0.39 is 0 Å². The van der Waals surface area contributed by atoms with Crippen molar-refractivity contribution in [1.29, 1.82) is 0 Å². The zero-order valence-corrected chi connectivity index (χ0v) is 4.12. The molecular formula is C3H6NOS+. The Labute approximate surface area is 40.6 Å². The molecule has 1 N–H and O–H groups in total. The van der Waals surface area contributed by atoms with E-state index in [-0.39, 0.29) is 0 Å². The first-order chi connectivity index (χ1) is 2.93. The van der Waals surface area contributed by atoms with Gasteiger partial charge >= 0.3 is 11.9 Å². The third-order valence-corrected chi connectivity index (χ3v) is 1.22. The maximum atomic E-state index is 9.59. The lowest BCUT2D eigenvalue weighted by molar-refractivity contribution is 0.598. The molecule has 0 aliphatic heterocycles. The van der Waals surface area contributed by atoms with Crippen molar-refractivity contribution < 1.29 is 4.21 Å². The Morgan fingerprint density at radius 2 is 2.33 bits per heavy atom. The second kappa shape index (κ2) is 1.62. The molecular weight excluding hydrogens is 98.1 g/mol. The Balaban J connectivity index is 2.00. The van der Waals surface area contributed by atoms with Crippen LogP contribution < -0.4 is 4.72 Å². The van der Waals surface area contributed by atoms with E-state index in [9.17, 15) is 4.21 Å². The summed E-state index contributed by atoms with van der Waals surface area (Å²) in [5.74, 6) is 0. The summed E-state index contributed by atoms with van der Waals surface area (Å²) >= 11 is 0.472. The SMILES string of the molecule is O=[S+]NC1CC1. The van der Waals surface area contributed by atoms with E-state index in [1.165, 1.54) is 12.8 Å². The zero-order valence-electron chi connectivity index (χ0n) is 3.31. The second-order valence-corrected chi connectivity index (χ2v) is 1.88. The summed E-state index contributed by atoms with van der Waals surface area (Å²) in [6.45, 7) is 0. The molecule has 0 aromatic rings. The first-order valence-corrected chi connectivity index (χ1v) is 2.72. The lowest BCUT2D eigenvalue weighted by Gasteiger charge is -1.63. The molecule has 0 unspecified atom stereocenters. The highest BCUT2D eigenvalue weighted by atomic mass is 32.2. The van der Waals surface area contributed by atoms with Gasteiger partial charge in [-0.05, 0) is 17.6 Å². The highest BCUT2D eigenvalue weighted by molar-refractivity contribution is 7.63. The molecule has 0 saturated heterocycles. The van der Waals surface area contributed by atoms with Crippen LogP contribution in [0.5, 0.6) is 0 Å². The van der Waals surface area contributed by atoms with Crippen LogP contribution in [0.1, 0.15) is 12.8 Å². The normalized spacial score (nSPS) is 20.7. The lowest BCUT2D eigenvalue weighted by atomic mass is 10.8. The maximum Gasteiger partial charge on any atom is 0.587 e. The van der Waals surface area contributed by atoms with E-state index in [2.05, 4.69) is 4.72 Å². The van der Waals surface area contributed by atoms with Crippen molar-refractivity contribution in [2.75, 3.05) is 0 Å². The molecule has 1 aliphatic rings. The molecule has 0 radical (unpaired) electrons. The second-order valence-electron chi connectivity index (χ2n) is 1.48. The van der Waals surface area contributed by atoms with Crippen LogP contribution in [-0.4, -0.2) is 6.04 Å². The third-order valence-electron chi connectivity index (χ3n) is 0.792. The summed E-state index contributed by atoms with van der Waals surface area (Å²) in [7, 11) is 0. The predicted molar refractivity (Wildman–Crippen MR) is 24.2 cm³/mol. The van der Waals surface area contributed by atoms with Crippen LogP contribution in [-0.2, 0) is 16.1 Å². The molecule has 0 heterocycles. The number of rotatable bonds is 2. The van der Waals surface area contributed by atoms with Crippen LogP contribution in [0.15, 0.2) is 0 Å². The predicted octanol–water partition coefficient (Wildman–Crippen LogP) is 0.0815. The highest BCUT2D eigenvalue weighted by Crippen LogP contribution is 2.17. The van der Waals surface area contributed by atoms with Gasteiger partial charge in [0.25, 0.3) is 0 Å². The average molecular weight is 104 g/mol. The quantitative estimate of drug-likeness (QED) is 0.390. The molecule has 1 saturated carbocycles. The van der Waals surface area contributed by atoms with E-state index in [4.69, 9.17) is 0 Å². The van der Waals surface area contributed by atoms with Gasteiger partial charge in [-0.3, -0.25) is 0 Å². The molecule has 3 heteroatoms. The topological polar surface area (TPSA) is 29.1 Å². The van der Waals surface area contributed by atoms with Gasteiger partial charge in [-0.1, -0.05) is 0 Å². The molecule has 0 spiro atoms. The molecule has 0 atom stereocenters. The van der Waals surface area contributed by atoms with Gasteiger partial charge in [0.15, 0.2) is 0 Å². The molecule has 2 nitrogen and oxygen atoms in total. The van der Waals surface area contributed by atoms with Crippen molar-refractivity contribution in [3.05, 3.63) is 0 Å². The van der Waals surface area contributed by atoms with Gasteiger partial charge < -0.3 is 0 Å². The molecule has 6 heavy (non-hydrogen) atoms. The minimum absolute atomic E-state index is 0.472. The summed E-state index contributed by atoms with van der Waals surface area (Å²) in [4.78, 5) is 0.